The molecule has 0 saturated carbocycles. The lowest BCUT2D eigenvalue weighted by Crippen LogP contribution is -2.18. The summed E-state index contributed by atoms with van der Waals surface area (Å²) in [6.07, 6.45) is -1.55. The quantitative estimate of drug-likeness (QED) is 0.783. The van der Waals surface area contributed by atoms with Gasteiger partial charge < -0.3 is 10.5 Å². The van der Waals surface area contributed by atoms with Gasteiger partial charge in [0.25, 0.3) is 0 Å². The van der Waals surface area contributed by atoms with Gasteiger partial charge in [0, 0.05) is 18.8 Å². The fourth-order valence-electron chi connectivity index (χ4n) is 2.17. The standard InChI is InChI=1S/C16H14F3N5O/c1-10-2-4-12(6-15(10)25-16(17,18)19)24-9-14(22-23-24)13-5-3-11(7-20)8-21-13/h2-6,8-9H,7,20H2,1H3. The van der Waals surface area contributed by atoms with Crippen LogP contribution in [0, 0.1) is 6.92 Å². The molecule has 0 bridgehead atoms. The summed E-state index contributed by atoms with van der Waals surface area (Å²) in [6, 6.07) is 7.98. The van der Waals surface area contributed by atoms with Crippen LogP contribution in [0.1, 0.15) is 11.1 Å². The van der Waals surface area contributed by atoms with E-state index in [1.165, 1.54) is 23.7 Å². The molecule has 0 saturated heterocycles. The number of aryl methyl sites for hydroxylation is 1. The van der Waals surface area contributed by atoms with E-state index in [0.717, 1.165) is 5.56 Å². The summed E-state index contributed by atoms with van der Waals surface area (Å²) in [5.74, 6) is -0.285. The lowest BCUT2D eigenvalue weighted by molar-refractivity contribution is -0.274. The number of halogens is 3. The second-order valence-electron chi connectivity index (χ2n) is 5.30. The van der Waals surface area contributed by atoms with Crippen LogP contribution in [0.2, 0.25) is 0 Å². The van der Waals surface area contributed by atoms with Crippen molar-refractivity contribution in [3.63, 3.8) is 0 Å². The fraction of sp³-hybridized carbons (Fsp3) is 0.188. The summed E-state index contributed by atoms with van der Waals surface area (Å²) in [5.41, 5.74) is 8.23. The first-order chi connectivity index (χ1) is 11.9. The number of aromatic nitrogens is 4. The van der Waals surface area contributed by atoms with Gasteiger partial charge in [-0.1, -0.05) is 17.3 Å². The number of hydrogen-bond donors (Lipinski definition) is 1. The number of ether oxygens (including phenoxy) is 1. The molecule has 0 amide bonds. The van der Waals surface area contributed by atoms with Crippen molar-refractivity contribution in [3.05, 3.63) is 53.9 Å². The molecule has 0 spiro atoms. The van der Waals surface area contributed by atoms with Crippen LogP contribution < -0.4 is 10.5 Å². The lowest BCUT2D eigenvalue weighted by atomic mass is 10.2. The van der Waals surface area contributed by atoms with Crippen molar-refractivity contribution in [2.75, 3.05) is 0 Å². The minimum absolute atomic E-state index is 0.285. The molecule has 2 aromatic heterocycles. The number of nitrogens with two attached hydrogens (primary N) is 1. The maximum atomic E-state index is 12.5. The summed E-state index contributed by atoms with van der Waals surface area (Å²) in [7, 11) is 0. The van der Waals surface area contributed by atoms with Crippen LogP contribution in [-0.4, -0.2) is 26.3 Å². The Hall–Kier alpha value is -2.94. The van der Waals surface area contributed by atoms with Gasteiger partial charge in [0.2, 0.25) is 0 Å². The molecule has 3 aromatic rings. The maximum absolute atomic E-state index is 12.5. The van der Waals surface area contributed by atoms with E-state index in [0.29, 0.717) is 29.2 Å². The van der Waals surface area contributed by atoms with Crippen LogP contribution in [-0.2, 0) is 6.54 Å². The average molecular weight is 349 g/mol. The Morgan fingerprint density at radius 1 is 1.16 bits per heavy atom. The highest BCUT2D eigenvalue weighted by Crippen LogP contribution is 2.28. The van der Waals surface area contributed by atoms with Gasteiger partial charge in [-0.3, -0.25) is 4.98 Å². The molecule has 25 heavy (non-hydrogen) atoms. The van der Waals surface area contributed by atoms with Crippen LogP contribution >= 0.6 is 0 Å². The molecule has 0 atom stereocenters. The summed E-state index contributed by atoms with van der Waals surface area (Å²) >= 11 is 0. The Kier molecular flexibility index (Phi) is 4.41. The molecule has 0 radical (unpaired) electrons. The van der Waals surface area contributed by atoms with E-state index in [4.69, 9.17) is 5.73 Å². The molecule has 0 aliphatic rings. The highest BCUT2D eigenvalue weighted by atomic mass is 19.4. The van der Waals surface area contributed by atoms with Gasteiger partial charge in [0.05, 0.1) is 17.6 Å². The molecule has 0 unspecified atom stereocenters. The monoisotopic (exact) mass is 349 g/mol. The minimum atomic E-state index is -4.76. The third-order valence-corrected chi connectivity index (χ3v) is 3.48. The van der Waals surface area contributed by atoms with Crippen LogP contribution in [0.5, 0.6) is 5.75 Å². The largest absolute Gasteiger partial charge is 0.573 e. The second-order valence-corrected chi connectivity index (χ2v) is 5.30. The van der Waals surface area contributed by atoms with Gasteiger partial charge >= 0.3 is 6.36 Å². The first kappa shape index (κ1) is 16.9. The molecule has 9 heteroatoms. The molecule has 6 nitrogen and oxygen atoms in total. The SMILES string of the molecule is Cc1ccc(-n2cc(-c3ccc(CN)cn3)nn2)cc1OC(F)(F)F. The summed E-state index contributed by atoms with van der Waals surface area (Å²) in [4.78, 5) is 4.24. The van der Waals surface area contributed by atoms with Gasteiger partial charge in [-0.25, -0.2) is 4.68 Å². The van der Waals surface area contributed by atoms with E-state index in [2.05, 4.69) is 20.0 Å². The Labute approximate surface area is 141 Å². The second kappa shape index (κ2) is 6.52. The zero-order valence-electron chi connectivity index (χ0n) is 13.2. The number of hydrogen-bond acceptors (Lipinski definition) is 5. The van der Waals surface area contributed by atoms with Crippen LogP contribution in [0.15, 0.2) is 42.7 Å². The van der Waals surface area contributed by atoms with E-state index in [1.807, 2.05) is 6.07 Å². The Bertz CT molecular complexity index is 874. The third kappa shape index (κ3) is 3.94. The molecular weight excluding hydrogens is 335 g/mol. The van der Waals surface area contributed by atoms with Crippen molar-refractivity contribution in [1.82, 2.24) is 20.0 Å². The van der Waals surface area contributed by atoms with E-state index in [1.54, 1.807) is 24.5 Å². The highest BCUT2D eigenvalue weighted by Gasteiger charge is 2.31. The smallest absolute Gasteiger partial charge is 0.405 e. The first-order valence-corrected chi connectivity index (χ1v) is 7.30. The predicted octanol–water partition coefficient (Wildman–Crippen LogP) is 3.00. The van der Waals surface area contributed by atoms with Gasteiger partial charge in [0.15, 0.2) is 0 Å². The first-order valence-electron chi connectivity index (χ1n) is 7.30. The van der Waals surface area contributed by atoms with Gasteiger partial charge in [-0.15, -0.1) is 18.3 Å². The topological polar surface area (TPSA) is 78.9 Å². The van der Waals surface area contributed by atoms with Crippen molar-refractivity contribution in [2.24, 2.45) is 5.73 Å². The average Bonchev–Trinajstić information content (AvgIpc) is 3.06. The fourth-order valence-corrected chi connectivity index (χ4v) is 2.17. The molecule has 130 valence electrons. The van der Waals surface area contributed by atoms with Crippen molar-refractivity contribution in [1.29, 1.82) is 0 Å². The van der Waals surface area contributed by atoms with Crippen LogP contribution in [0.3, 0.4) is 0 Å². The maximum Gasteiger partial charge on any atom is 0.573 e. The zero-order valence-corrected chi connectivity index (χ0v) is 13.2. The van der Waals surface area contributed by atoms with E-state index < -0.39 is 6.36 Å². The number of alkyl halides is 3. The Morgan fingerprint density at radius 3 is 2.60 bits per heavy atom. The van der Waals surface area contributed by atoms with Crippen molar-refractivity contribution in [2.45, 2.75) is 19.8 Å². The molecule has 0 aliphatic heterocycles. The van der Waals surface area contributed by atoms with Crippen molar-refractivity contribution < 1.29 is 17.9 Å². The number of benzene rings is 1. The van der Waals surface area contributed by atoms with Gasteiger partial charge in [-0.05, 0) is 30.2 Å². The minimum Gasteiger partial charge on any atom is -0.405 e. The molecule has 2 heterocycles. The van der Waals surface area contributed by atoms with Crippen molar-refractivity contribution in [3.8, 4) is 22.8 Å². The molecule has 0 fully saturated rings. The predicted molar refractivity (Wildman–Crippen MR) is 83.9 cm³/mol. The normalized spacial score (nSPS) is 11.6. The number of pyridine rings is 1. The molecule has 3 rings (SSSR count). The van der Waals surface area contributed by atoms with E-state index >= 15 is 0 Å². The van der Waals surface area contributed by atoms with E-state index in [-0.39, 0.29) is 5.75 Å². The van der Waals surface area contributed by atoms with Gasteiger partial charge in [0.1, 0.15) is 11.4 Å². The molecule has 0 aliphatic carbocycles. The van der Waals surface area contributed by atoms with Crippen LogP contribution in [0.4, 0.5) is 13.2 Å². The van der Waals surface area contributed by atoms with E-state index in [9.17, 15) is 13.2 Å². The number of rotatable bonds is 4. The third-order valence-electron chi connectivity index (χ3n) is 3.48. The highest BCUT2D eigenvalue weighted by molar-refractivity contribution is 5.53. The summed E-state index contributed by atoms with van der Waals surface area (Å²) < 4.78 is 42.8. The van der Waals surface area contributed by atoms with Crippen LogP contribution in [0.25, 0.3) is 17.1 Å². The molecular formula is C16H14F3N5O. The van der Waals surface area contributed by atoms with Crippen molar-refractivity contribution >= 4 is 0 Å². The summed E-state index contributed by atoms with van der Waals surface area (Å²) in [6.45, 7) is 1.91. The van der Waals surface area contributed by atoms with Gasteiger partial charge in [-0.2, -0.15) is 0 Å². The lowest BCUT2D eigenvalue weighted by Gasteiger charge is -2.12. The molecule has 2 N–H and O–H groups in total. The molecule has 1 aromatic carbocycles. The summed E-state index contributed by atoms with van der Waals surface area (Å²) in [5, 5.41) is 7.94. The Morgan fingerprint density at radius 2 is 1.96 bits per heavy atom. The Balaban J connectivity index is 1.90. The number of nitrogens with zero attached hydrogens (tertiary/aromatic N) is 4. The zero-order chi connectivity index (χ0) is 18.0.